The third kappa shape index (κ3) is 1.99. The zero-order valence-corrected chi connectivity index (χ0v) is 8.15. The Morgan fingerprint density at radius 3 is 2.58 bits per heavy atom. The number of hydrogen-bond donors (Lipinski definition) is 0. The second-order valence-electron chi connectivity index (χ2n) is 3.05. The van der Waals surface area contributed by atoms with Crippen LogP contribution in [0.3, 0.4) is 0 Å². The first-order valence-corrected chi connectivity index (χ1v) is 4.61. The van der Waals surface area contributed by atoms with E-state index in [4.69, 9.17) is 0 Å². The minimum atomic E-state index is 1.10. The van der Waals surface area contributed by atoms with Crippen LogP contribution in [0.2, 0.25) is 0 Å². The van der Waals surface area contributed by atoms with Crippen molar-refractivity contribution in [2.45, 2.75) is 33.6 Å². The van der Waals surface area contributed by atoms with Crippen molar-refractivity contribution in [1.29, 1.82) is 0 Å². The Bertz CT molecular complexity index is 281. The molecule has 0 aromatic heterocycles. The molecule has 0 heterocycles. The predicted molar refractivity (Wildman–Crippen MR) is 54.0 cm³/mol. The molecule has 64 valence electrons. The zero-order chi connectivity index (χ0) is 8.97. The third-order valence-electron chi connectivity index (χ3n) is 2.23. The number of rotatable bonds is 2. The SMILES string of the molecule is CCC1=CC=C=C(C)C(CC)=C1. The molecule has 0 spiro atoms. The maximum Gasteiger partial charge on any atom is -0.00594 e. The van der Waals surface area contributed by atoms with Crippen molar-refractivity contribution in [3.05, 3.63) is 40.7 Å². The second-order valence-corrected chi connectivity index (χ2v) is 3.05. The van der Waals surface area contributed by atoms with Crippen LogP contribution in [0.5, 0.6) is 0 Å². The van der Waals surface area contributed by atoms with Gasteiger partial charge >= 0.3 is 0 Å². The van der Waals surface area contributed by atoms with Gasteiger partial charge in [-0.25, -0.2) is 0 Å². The van der Waals surface area contributed by atoms with Crippen LogP contribution < -0.4 is 0 Å². The lowest BCUT2D eigenvalue weighted by molar-refractivity contribution is 1.08. The summed E-state index contributed by atoms with van der Waals surface area (Å²) in [6, 6.07) is 0. The van der Waals surface area contributed by atoms with Crippen LogP contribution in [0.25, 0.3) is 0 Å². The van der Waals surface area contributed by atoms with Crippen LogP contribution in [0, 0.1) is 0 Å². The zero-order valence-electron chi connectivity index (χ0n) is 8.15. The van der Waals surface area contributed by atoms with Gasteiger partial charge in [-0.05, 0) is 42.6 Å². The molecule has 12 heavy (non-hydrogen) atoms. The highest BCUT2D eigenvalue weighted by Gasteiger charge is 1.99. The summed E-state index contributed by atoms with van der Waals surface area (Å²) in [5, 5.41) is 0. The molecule has 1 aliphatic rings. The van der Waals surface area contributed by atoms with Gasteiger partial charge in [-0.15, -0.1) is 5.73 Å². The van der Waals surface area contributed by atoms with Crippen molar-refractivity contribution in [2.75, 3.05) is 0 Å². The Kier molecular flexibility index (Phi) is 3.13. The molecule has 1 rings (SSSR count). The van der Waals surface area contributed by atoms with E-state index in [1.807, 2.05) is 6.08 Å². The van der Waals surface area contributed by atoms with Crippen LogP contribution in [0.1, 0.15) is 33.6 Å². The first kappa shape index (κ1) is 9.09. The van der Waals surface area contributed by atoms with Crippen molar-refractivity contribution >= 4 is 0 Å². The molecule has 0 radical (unpaired) electrons. The van der Waals surface area contributed by atoms with E-state index in [0.29, 0.717) is 0 Å². The number of hydrogen-bond acceptors (Lipinski definition) is 0. The van der Waals surface area contributed by atoms with E-state index < -0.39 is 0 Å². The Morgan fingerprint density at radius 1 is 1.25 bits per heavy atom. The molecule has 0 saturated heterocycles. The molecule has 0 unspecified atom stereocenters. The van der Waals surface area contributed by atoms with E-state index in [1.54, 1.807) is 0 Å². The van der Waals surface area contributed by atoms with Gasteiger partial charge in [-0.2, -0.15) is 0 Å². The third-order valence-corrected chi connectivity index (χ3v) is 2.23. The molecular weight excluding hydrogens is 144 g/mol. The fourth-order valence-corrected chi connectivity index (χ4v) is 1.33. The number of allylic oxidation sites excluding steroid dienone is 5. The van der Waals surface area contributed by atoms with E-state index in [9.17, 15) is 0 Å². The standard InChI is InChI=1S/C12H16/c1-4-11-8-6-7-10(3)12(5-2)9-11/h6,8-9H,4-5H2,1-3H3. The second kappa shape index (κ2) is 4.13. The molecule has 0 N–H and O–H groups in total. The van der Waals surface area contributed by atoms with Gasteiger partial charge in [0, 0.05) is 0 Å². The van der Waals surface area contributed by atoms with Gasteiger partial charge in [0.2, 0.25) is 0 Å². The van der Waals surface area contributed by atoms with Crippen LogP contribution in [0.4, 0.5) is 0 Å². The monoisotopic (exact) mass is 160 g/mol. The Morgan fingerprint density at radius 2 is 2.00 bits per heavy atom. The van der Waals surface area contributed by atoms with Crippen molar-refractivity contribution in [2.24, 2.45) is 0 Å². The van der Waals surface area contributed by atoms with Gasteiger partial charge in [-0.1, -0.05) is 26.0 Å². The fraction of sp³-hybridized carbons (Fsp3) is 0.417. The molecule has 0 saturated carbocycles. The highest BCUT2D eigenvalue weighted by molar-refractivity contribution is 5.40. The van der Waals surface area contributed by atoms with Crippen LogP contribution in [0.15, 0.2) is 40.7 Å². The molecule has 0 atom stereocenters. The minimum Gasteiger partial charge on any atom is -0.117 e. The normalized spacial score (nSPS) is 16.4. The molecule has 0 heteroatoms. The summed E-state index contributed by atoms with van der Waals surface area (Å²) < 4.78 is 0. The quantitative estimate of drug-likeness (QED) is 0.539. The van der Waals surface area contributed by atoms with E-state index in [-0.39, 0.29) is 0 Å². The molecule has 0 fully saturated rings. The summed E-state index contributed by atoms with van der Waals surface area (Å²) in [4.78, 5) is 0. The Labute approximate surface area is 75.0 Å². The predicted octanol–water partition coefficient (Wildman–Crippen LogP) is 3.77. The van der Waals surface area contributed by atoms with Crippen molar-refractivity contribution in [1.82, 2.24) is 0 Å². The molecule has 0 aromatic rings. The van der Waals surface area contributed by atoms with Gasteiger partial charge in [0.05, 0.1) is 0 Å². The maximum atomic E-state index is 3.26. The molecule has 0 amide bonds. The molecule has 0 bridgehead atoms. The van der Waals surface area contributed by atoms with Crippen LogP contribution in [-0.4, -0.2) is 0 Å². The molecule has 0 nitrogen and oxygen atoms in total. The van der Waals surface area contributed by atoms with Crippen molar-refractivity contribution in [3.63, 3.8) is 0 Å². The largest absolute Gasteiger partial charge is 0.117 e. The lowest BCUT2D eigenvalue weighted by Crippen LogP contribution is -1.83. The van der Waals surface area contributed by atoms with E-state index >= 15 is 0 Å². The van der Waals surface area contributed by atoms with Gasteiger partial charge in [-0.3, -0.25) is 0 Å². The lowest BCUT2D eigenvalue weighted by atomic mass is 10.0. The van der Waals surface area contributed by atoms with Crippen LogP contribution in [-0.2, 0) is 0 Å². The van der Waals surface area contributed by atoms with E-state index in [1.165, 1.54) is 16.7 Å². The molecule has 0 aliphatic heterocycles. The van der Waals surface area contributed by atoms with Gasteiger partial charge in [0.25, 0.3) is 0 Å². The van der Waals surface area contributed by atoms with Gasteiger partial charge in [0.15, 0.2) is 0 Å². The van der Waals surface area contributed by atoms with Crippen LogP contribution >= 0.6 is 0 Å². The first-order chi connectivity index (χ1) is 5.77. The molecule has 0 aromatic carbocycles. The summed E-state index contributed by atoms with van der Waals surface area (Å²) >= 11 is 0. The highest BCUT2D eigenvalue weighted by Crippen LogP contribution is 2.18. The highest BCUT2D eigenvalue weighted by atomic mass is 14.0. The summed E-state index contributed by atoms with van der Waals surface area (Å²) in [7, 11) is 0. The summed E-state index contributed by atoms with van der Waals surface area (Å²) in [6.07, 6.45) is 8.66. The summed E-state index contributed by atoms with van der Waals surface area (Å²) in [5.41, 5.74) is 7.34. The molecule has 1 aliphatic carbocycles. The van der Waals surface area contributed by atoms with E-state index in [2.05, 4.69) is 38.7 Å². The van der Waals surface area contributed by atoms with Gasteiger partial charge in [0.1, 0.15) is 0 Å². The summed E-state index contributed by atoms with van der Waals surface area (Å²) in [5.74, 6) is 0. The minimum absolute atomic E-state index is 1.10. The Balaban J connectivity index is 3.02. The van der Waals surface area contributed by atoms with Gasteiger partial charge < -0.3 is 0 Å². The lowest BCUT2D eigenvalue weighted by Gasteiger charge is -2.02. The fourth-order valence-electron chi connectivity index (χ4n) is 1.33. The molecular formula is C12H16. The summed E-state index contributed by atoms with van der Waals surface area (Å²) in [6.45, 7) is 6.50. The maximum absolute atomic E-state index is 3.26. The van der Waals surface area contributed by atoms with Crippen molar-refractivity contribution in [3.8, 4) is 0 Å². The van der Waals surface area contributed by atoms with E-state index in [0.717, 1.165) is 12.8 Å². The first-order valence-electron chi connectivity index (χ1n) is 4.61. The smallest absolute Gasteiger partial charge is 0.00594 e. The topological polar surface area (TPSA) is 0 Å². The Hall–Kier alpha value is -1.00. The average molecular weight is 160 g/mol. The van der Waals surface area contributed by atoms with Crippen molar-refractivity contribution < 1.29 is 0 Å². The average Bonchev–Trinajstić information content (AvgIpc) is 2.27.